The fourth-order valence-corrected chi connectivity index (χ4v) is 2.98. The average molecular weight is 330 g/mol. The number of phenols is 3. The first-order valence-electron chi connectivity index (χ1n) is 7.78. The van der Waals surface area contributed by atoms with Crippen LogP contribution in [0.25, 0.3) is 34.4 Å². The highest BCUT2D eigenvalue weighted by atomic mass is 16.3. The summed E-state index contributed by atoms with van der Waals surface area (Å²) in [5, 5.41) is 30.8. The van der Waals surface area contributed by atoms with E-state index in [1.54, 1.807) is 48.6 Å². The minimum atomic E-state index is 0.0315. The predicted molar refractivity (Wildman–Crippen MR) is 102 cm³/mol. The van der Waals surface area contributed by atoms with Gasteiger partial charge >= 0.3 is 0 Å². The van der Waals surface area contributed by atoms with E-state index in [1.165, 1.54) is 0 Å². The Morgan fingerprint density at radius 1 is 0.640 bits per heavy atom. The monoisotopic (exact) mass is 330 g/mol. The van der Waals surface area contributed by atoms with Crippen molar-refractivity contribution in [3.05, 3.63) is 78.9 Å². The molecule has 0 aliphatic heterocycles. The highest BCUT2D eigenvalue weighted by Crippen LogP contribution is 2.40. The van der Waals surface area contributed by atoms with Gasteiger partial charge in [0.15, 0.2) is 0 Å². The van der Waals surface area contributed by atoms with Gasteiger partial charge in [0, 0.05) is 11.1 Å². The first-order chi connectivity index (χ1) is 12.0. The van der Waals surface area contributed by atoms with Crippen LogP contribution in [-0.2, 0) is 0 Å². The molecule has 3 heteroatoms. The van der Waals surface area contributed by atoms with E-state index in [0.717, 1.165) is 11.1 Å². The predicted octanol–water partition coefficient (Wildman–Crippen LogP) is 5.42. The molecule has 124 valence electrons. The summed E-state index contributed by atoms with van der Waals surface area (Å²) >= 11 is 0. The molecule has 3 aromatic rings. The van der Waals surface area contributed by atoms with E-state index in [0.29, 0.717) is 22.3 Å². The smallest absolute Gasteiger partial charge is 0.124 e. The van der Waals surface area contributed by atoms with Crippen molar-refractivity contribution in [1.82, 2.24) is 0 Å². The largest absolute Gasteiger partial charge is 0.508 e. The molecule has 3 rings (SSSR count). The third kappa shape index (κ3) is 3.00. The first-order valence-corrected chi connectivity index (χ1v) is 7.78. The molecule has 3 aromatic carbocycles. The second-order valence-electron chi connectivity index (χ2n) is 5.66. The lowest BCUT2D eigenvalue weighted by molar-refractivity contribution is 0.473. The lowest BCUT2D eigenvalue weighted by Gasteiger charge is -2.14. The molecule has 0 amide bonds. The van der Waals surface area contributed by atoms with E-state index in [-0.39, 0.29) is 17.2 Å². The van der Waals surface area contributed by atoms with E-state index in [4.69, 9.17) is 0 Å². The van der Waals surface area contributed by atoms with Crippen molar-refractivity contribution in [2.75, 3.05) is 0 Å². The van der Waals surface area contributed by atoms with Gasteiger partial charge in [-0.25, -0.2) is 0 Å². The SMILES string of the molecule is C=Cc1cccc(O)c1-c1cc(O)cc(-c2c(O)cccc2C=C)c1. The van der Waals surface area contributed by atoms with Crippen LogP contribution in [0, 0.1) is 0 Å². The summed E-state index contributed by atoms with van der Waals surface area (Å²) in [6.45, 7) is 7.55. The molecule has 0 unspecified atom stereocenters. The number of rotatable bonds is 4. The number of aromatic hydroxyl groups is 3. The van der Waals surface area contributed by atoms with Crippen LogP contribution in [0.1, 0.15) is 11.1 Å². The van der Waals surface area contributed by atoms with Crippen molar-refractivity contribution in [3.8, 4) is 39.5 Å². The normalized spacial score (nSPS) is 10.4. The van der Waals surface area contributed by atoms with Crippen molar-refractivity contribution < 1.29 is 15.3 Å². The quantitative estimate of drug-likeness (QED) is 0.598. The molecule has 0 aliphatic rings. The van der Waals surface area contributed by atoms with Gasteiger partial charge in [-0.2, -0.15) is 0 Å². The standard InChI is InChI=1S/C22H18O3/c1-3-14-7-5-9-19(24)21(14)16-11-17(13-18(23)12-16)22-15(4-2)8-6-10-20(22)25/h3-13,23-25H,1-2H2. The molecular formula is C22H18O3. The summed E-state index contributed by atoms with van der Waals surface area (Å²) in [7, 11) is 0. The van der Waals surface area contributed by atoms with Gasteiger partial charge in [-0.1, -0.05) is 49.6 Å². The fourth-order valence-electron chi connectivity index (χ4n) is 2.98. The second kappa shape index (κ2) is 6.57. The molecular weight excluding hydrogens is 312 g/mol. The van der Waals surface area contributed by atoms with Crippen LogP contribution < -0.4 is 0 Å². The maximum atomic E-state index is 10.3. The van der Waals surface area contributed by atoms with E-state index in [1.807, 2.05) is 18.2 Å². The Labute approximate surface area is 146 Å². The van der Waals surface area contributed by atoms with Gasteiger partial charge in [0.05, 0.1) is 0 Å². The second-order valence-corrected chi connectivity index (χ2v) is 5.66. The van der Waals surface area contributed by atoms with Crippen LogP contribution in [0.4, 0.5) is 0 Å². The van der Waals surface area contributed by atoms with E-state index >= 15 is 0 Å². The molecule has 3 nitrogen and oxygen atoms in total. The Morgan fingerprint density at radius 2 is 1.08 bits per heavy atom. The van der Waals surface area contributed by atoms with E-state index < -0.39 is 0 Å². The van der Waals surface area contributed by atoms with Gasteiger partial charge < -0.3 is 15.3 Å². The molecule has 0 spiro atoms. The van der Waals surface area contributed by atoms with Crippen LogP contribution in [0.2, 0.25) is 0 Å². The fraction of sp³-hybridized carbons (Fsp3) is 0. The number of phenolic OH excluding ortho intramolecular Hbond substituents is 3. The molecule has 0 heterocycles. The Kier molecular flexibility index (Phi) is 4.31. The van der Waals surface area contributed by atoms with Gasteiger partial charge in [-0.05, 0) is 52.6 Å². The average Bonchev–Trinajstić information content (AvgIpc) is 2.60. The van der Waals surface area contributed by atoms with Crippen molar-refractivity contribution in [3.63, 3.8) is 0 Å². The van der Waals surface area contributed by atoms with Gasteiger partial charge in [-0.3, -0.25) is 0 Å². The van der Waals surface area contributed by atoms with Crippen molar-refractivity contribution in [2.24, 2.45) is 0 Å². The maximum absolute atomic E-state index is 10.3. The van der Waals surface area contributed by atoms with Gasteiger partial charge in [-0.15, -0.1) is 0 Å². The third-order valence-electron chi connectivity index (χ3n) is 4.08. The summed E-state index contributed by atoms with van der Waals surface area (Å²) in [5.74, 6) is 0.217. The van der Waals surface area contributed by atoms with E-state index in [9.17, 15) is 15.3 Å². The highest BCUT2D eigenvalue weighted by Gasteiger charge is 2.14. The van der Waals surface area contributed by atoms with Gasteiger partial charge in [0.25, 0.3) is 0 Å². The van der Waals surface area contributed by atoms with Crippen molar-refractivity contribution in [1.29, 1.82) is 0 Å². The van der Waals surface area contributed by atoms with Crippen LogP contribution in [0.15, 0.2) is 67.8 Å². The van der Waals surface area contributed by atoms with Crippen molar-refractivity contribution >= 4 is 12.2 Å². The van der Waals surface area contributed by atoms with E-state index in [2.05, 4.69) is 13.2 Å². The Morgan fingerprint density at radius 3 is 1.48 bits per heavy atom. The first kappa shape index (κ1) is 16.4. The summed E-state index contributed by atoms with van der Waals surface area (Å²) in [5.41, 5.74) is 3.90. The summed E-state index contributed by atoms with van der Waals surface area (Å²) in [4.78, 5) is 0. The molecule has 0 atom stereocenters. The molecule has 0 bridgehead atoms. The molecule has 0 saturated carbocycles. The summed E-state index contributed by atoms with van der Waals surface area (Å²) < 4.78 is 0. The van der Waals surface area contributed by atoms with Gasteiger partial charge in [0.2, 0.25) is 0 Å². The number of benzene rings is 3. The summed E-state index contributed by atoms with van der Waals surface area (Å²) in [6, 6.07) is 15.3. The van der Waals surface area contributed by atoms with Crippen molar-refractivity contribution in [2.45, 2.75) is 0 Å². The minimum Gasteiger partial charge on any atom is -0.508 e. The summed E-state index contributed by atoms with van der Waals surface area (Å²) in [6.07, 6.45) is 3.29. The van der Waals surface area contributed by atoms with Gasteiger partial charge in [0.1, 0.15) is 17.2 Å². The molecule has 0 saturated heterocycles. The lowest BCUT2D eigenvalue weighted by atomic mass is 9.92. The Hall–Kier alpha value is -3.46. The maximum Gasteiger partial charge on any atom is 0.124 e. The zero-order chi connectivity index (χ0) is 18.0. The van der Waals surface area contributed by atoms with Crippen LogP contribution in [0.5, 0.6) is 17.2 Å². The van der Waals surface area contributed by atoms with Crippen LogP contribution >= 0.6 is 0 Å². The zero-order valence-electron chi connectivity index (χ0n) is 13.6. The lowest BCUT2D eigenvalue weighted by Crippen LogP contribution is -1.89. The highest BCUT2D eigenvalue weighted by molar-refractivity contribution is 5.87. The Balaban J connectivity index is 2.29. The topological polar surface area (TPSA) is 60.7 Å². The number of hydrogen-bond donors (Lipinski definition) is 3. The molecule has 25 heavy (non-hydrogen) atoms. The molecule has 0 aromatic heterocycles. The zero-order valence-corrected chi connectivity index (χ0v) is 13.6. The minimum absolute atomic E-state index is 0.0315. The third-order valence-corrected chi connectivity index (χ3v) is 4.08. The molecule has 3 N–H and O–H groups in total. The molecule has 0 aliphatic carbocycles. The Bertz CT molecular complexity index is 895. The van der Waals surface area contributed by atoms with Crippen LogP contribution in [-0.4, -0.2) is 15.3 Å². The number of hydrogen-bond acceptors (Lipinski definition) is 3. The molecule has 0 radical (unpaired) electrons. The molecule has 0 fully saturated rings. The van der Waals surface area contributed by atoms with Crippen LogP contribution in [0.3, 0.4) is 0 Å².